The zero-order chi connectivity index (χ0) is 11.4. The highest BCUT2D eigenvalue weighted by atomic mass is 32.1. The molecule has 84 valence electrons. The van der Waals surface area contributed by atoms with Crippen LogP contribution in [0.2, 0.25) is 0 Å². The number of thiazole rings is 1. The first-order valence-corrected chi connectivity index (χ1v) is 6.11. The van der Waals surface area contributed by atoms with Gasteiger partial charge in [-0.25, -0.2) is 4.98 Å². The largest absolute Gasteiger partial charge is 0.396 e. The molecule has 0 spiro atoms. The summed E-state index contributed by atoms with van der Waals surface area (Å²) in [5.41, 5.74) is 1.98. The first-order chi connectivity index (χ1) is 7.81. The summed E-state index contributed by atoms with van der Waals surface area (Å²) >= 11 is 1.67. The van der Waals surface area contributed by atoms with E-state index in [0.29, 0.717) is 0 Å². The molecule has 4 heteroatoms. The number of aliphatic hydroxyl groups is 1. The molecule has 1 N–H and O–H groups in total. The van der Waals surface area contributed by atoms with Gasteiger partial charge in [0.05, 0.1) is 11.4 Å². The van der Waals surface area contributed by atoms with Crippen LogP contribution in [0.4, 0.5) is 0 Å². The second-order valence-corrected chi connectivity index (χ2v) is 4.65. The smallest absolute Gasteiger partial charge is 0.142 e. The van der Waals surface area contributed by atoms with Gasteiger partial charge in [0.2, 0.25) is 0 Å². The van der Waals surface area contributed by atoms with Gasteiger partial charge in [0, 0.05) is 17.7 Å². The van der Waals surface area contributed by atoms with Gasteiger partial charge in [-0.3, -0.25) is 4.98 Å². The zero-order valence-corrected chi connectivity index (χ0v) is 10.00. The van der Waals surface area contributed by atoms with E-state index >= 15 is 0 Å². The molecule has 3 nitrogen and oxygen atoms in total. The molecule has 16 heavy (non-hydrogen) atoms. The fourth-order valence-electron chi connectivity index (χ4n) is 1.50. The zero-order valence-electron chi connectivity index (χ0n) is 9.18. The van der Waals surface area contributed by atoms with Crippen molar-refractivity contribution < 1.29 is 5.11 Å². The molecule has 0 aliphatic carbocycles. The first-order valence-electron chi connectivity index (χ1n) is 5.30. The minimum Gasteiger partial charge on any atom is -0.396 e. The predicted octanol–water partition coefficient (Wildman–Crippen LogP) is 2.44. The fourth-order valence-corrected chi connectivity index (χ4v) is 2.58. The lowest BCUT2D eigenvalue weighted by Gasteiger charge is -1.94. The van der Waals surface area contributed by atoms with Crippen LogP contribution in [-0.4, -0.2) is 21.7 Å². The lowest BCUT2D eigenvalue weighted by atomic mass is 10.2. The molecule has 0 atom stereocenters. The maximum Gasteiger partial charge on any atom is 0.142 e. The molecule has 0 unspecified atom stereocenters. The van der Waals surface area contributed by atoms with E-state index in [2.05, 4.69) is 9.97 Å². The number of nitrogens with zero attached hydrogens (tertiary/aromatic N) is 2. The lowest BCUT2D eigenvalue weighted by molar-refractivity contribution is 0.289. The predicted molar refractivity (Wildman–Crippen MR) is 65.5 cm³/mol. The van der Waals surface area contributed by atoms with E-state index in [9.17, 15) is 0 Å². The monoisotopic (exact) mass is 234 g/mol. The van der Waals surface area contributed by atoms with Gasteiger partial charge in [0.25, 0.3) is 0 Å². The third kappa shape index (κ3) is 2.46. The van der Waals surface area contributed by atoms with Gasteiger partial charge < -0.3 is 5.11 Å². The Labute approximate surface area is 98.8 Å². The molecule has 0 bridgehead atoms. The molecule has 2 heterocycles. The standard InChI is InChI=1S/C12H14N2OS/c1-9-11(6-4-8-15)16-12(14-9)10-5-2-3-7-13-10/h2-3,5,7,15H,4,6,8H2,1H3. The summed E-state index contributed by atoms with van der Waals surface area (Å²) in [6.45, 7) is 2.24. The Kier molecular flexibility index (Phi) is 3.64. The second-order valence-electron chi connectivity index (χ2n) is 3.57. The Morgan fingerprint density at radius 1 is 1.38 bits per heavy atom. The summed E-state index contributed by atoms with van der Waals surface area (Å²) < 4.78 is 0. The number of aromatic nitrogens is 2. The molecule has 0 saturated carbocycles. The van der Waals surface area contributed by atoms with E-state index in [1.54, 1.807) is 17.5 Å². The number of aryl methyl sites for hydroxylation is 2. The number of pyridine rings is 1. The van der Waals surface area contributed by atoms with E-state index in [4.69, 9.17) is 5.11 Å². The number of hydrogen-bond donors (Lipinski definition) is 1. The average Bonchev–Trinajstić information content (AvgIpc) is 2.69. The second kappa shape index (κ2) is 5.18. The Morgan fingerprint density at radius 3 is 2.94 bits per heavy atom. The topological polar surface area (TPSA) is 46.0 Å². The van der Waals surface area contributed by atoms with Gasteiger partial charge in [-0.15, -0.1) is 11.3 Å². The van der Waals surface area contributed by atoms with Crippen molar-refractivity contribution in [1.82, 2.24) is 9.97 Å². The van der Waals surface area contributed by atoms with Crippen molar-refractivity contribution in [1.29, 1.82) is 0 Å². The Bertz CT molecular complexity index is 453. The fraction of sp³-hybridized carbons (Fsp3) is 0.333. The van der Waals surface area contributed by atoms with Crippen molar-refractivity contribution in [3.05, 3.63) is 35.0 Å². The van der Waals surface area contributed by atoms with Crippen molar-refractivity contribution in [2.75, 3.05) is 6.61 Å². The van der Waals surface area contributed by atoms with E-state index in [1.165, 1.54) is 4.88 Å². The normalized spacial score (nSPS) is 10.6. The van der Waals surface area contributed by atoms with Crippen molar-refractivity contribution in [3.8, 4) is 10.7 Å². The summed E-state index contributed by atoms with van der Waals surface area (Å²) in [7, 11) is 0. The molecule has 2 rings (SSSR count). The molecular weight excluding hydrogens is 220 g/mol. The highest BCUT2D eigenvalue weighted by molar-refractivity contribution is 7.15. The first kappa shape index (κ1) is 11.2. The minimum absolute atomic E-state index is 0.232. The van der Waals surface area contributed by atoms with E-state index in [-0.39, 0.29) is 6.61 Å². The van der Waals surface area contributed by atoms with Gasteiger partial charge in [-0.1, -0.05) is 6.07 Å². The van der Waals surface area contributed by atoms with Crippen LogP contribution in [0.5, 0.6) is 0 Å². The van der Waals surface area contributed by atoms with Crippen LogP contribution in [0, 0.1) is 6.92 Å². The molecule has 0 amide bonds. The molecule has 0 aliphatic heterocycles. The molecular formula is C12H14N2OS. The van der Waals surface area contributed by atoms with Crippen molar-refractivity contribution >= 4 is 11.3 Å². The molecule has 0 radical (unpaired) electrons. The van der Waals surface area contributed by atoms with Gasteiger partial charge in [-0.05, 0) is 31.9 Å². The molecule has 0 aliphatic rings. The number of aliphatic hydroxyl groups excluding tert-OH is 1. The van der Waals surface area contributed by atoms with Gasteiger partial charge in [0.15, 0.2) is 0 Å². The lowest BCUT2D eigenvalue weighted by Crippen LogP contribution is -1.88. The summed E-state index contributed by atoms with van der Waals surface area (Å²) in [5, 5.41) is 9.78. The highest BCUT2D eigenvalue weighted by Gasteiger charge is 2.09. The van der Waals surface area contributed by atoms with Crippen LogP contribution in [0.15, 0.2) is 24.4 Å². The van der Waals surface area contributed by atoms with Crippen LogP contribution in [0.25, 0.3) is 10.7 Å². The number of rotatable bonds is 4. The molecule has 0 fully saturated rings. The Hall–Kier alpha value is -1.26. The number of hydrogen-bond acceptors (Lipinski definition) is 4. The Balaban J connectivity index is 2.24. The third-order valence-electron chi connectivity index (χ3n) is 2.34. The highest BCUT2D eigenvalue weighted by Crippen LogP contribution is 2.26. The van der Waals surface area contributed by atoms with Gasteiger partial charge in [-0.2, -0.15) is 0 Å². The summed E-state index contributed by atoms with van der Waals surface area (Å²) in [5.74, 6) is 0. The minimum atomic E-state index is 0.232. The maximum absolute atomic E-state index is 8.81. The molecule has 2 aromatic heterocycles. The van der Waals surface area contributed by atoms with Crippen LogP contribution in [0.1, 0.15) is 17.0 Å². The molecule has 0 saturated heterocycles. The van der Waals surface area contributed by atoms with E-state index in [0.717, 1.165) is 29.2 Å². The summed E-state index contributed by atoms with van der Waals surface area (Å²) in [6, 6.07) is 5.83. The Morgan fingerprint density at radius 2 is 2.25 bits per heavy atom. The quantitative estimate of drug-likeness (QED) is 0.883. The van der Waals surface area contributed by atoms with Crippen LogP contribution < -0.4 is 0 Å². The third-order valence-corrected chi connectivity index (χ3v) is 3.58. The van der Waals surface area contributed by atoms with E-state index in [1.807, 2.05) is 25.1 Å². The SMILES string of the molecule is Cc1nc(-c2ccccn2)sc1CCCO. The van der Waals surface area contributed by atoms with Crippen LogP contribution >= 0.6 is 11.3 Å². The van der Waals surface area contributed by atoms with Crippen molar-refractivity contribution in [2.24, 2.45) is 0 Å². The van der Waals surface area contributed by atoms with Gasteiger partial charge in [0.1, 0.15) is 5.01 Å². The van der Waals surface area contributed by atoms with Crippen LogP contribution in [-0.2, 0) is 6.42 Å². The summed E-state index contributed by atoms with van der Waals surface area (Å²) in [6.07, 6.45) is 3.47. The summed E-state index contributed by atoms with van der Waals surface area (Å²) in [4.78, 5) is 10.0. The van der Waals surface area contributed by atoms with Gasteiger partial charge >= 0.3 is 0 Å². The average molecular weight is 234 g/mol. The molecule has 2 aromatic rings. The van der Waals surface area contributed by atoms with Crippen molar-refractivity contribution in [3.63, 3.8) is 0 Å². The van der Waals surface area contributed by atoms with Crippen molar-refractivity contribution in [2.45, 2.75) is 19.8 Å². The molecule has 0 aromatic carbocycles. The van der Waals surface area contributed by atoms with E-state index < -0.39 is 0 Å². The van der Waals surface area contributed by atoms with Crippen LogP contribution in [0.3, 0.4) is 0 Å². The maximum atomic E-state index is 8.81.